The Morgan fingerprint density at radius 3 is 2.45 bits per heavy atom. The van der Waals surface area contributed by atoms with Crippen molar-refractivity contribution in [1.29, 1.82) is 0 Å². The van der Waals surface area contributed by atoms with Crippen LogP contribution in [0, 0.1) is 0 Å². The molecule has 1 aliphatic heterocycles. The first-order chi connectivity index (χ1) is 14.8. The monoisotopic (exact) mass is 450 g/mol. The van der Waals surface area contributed by atoms with Gasteiger partial charge in [-0.05, 0) is 60.8 Å². The van der Waals surface area contributed by atoms with Gasteiger partial charge in [0.25, 0.3) is 0 Å². The normalized spacial score (nSPS) is 16.3. The van der Waals surface area contributed by atoms with Crippen molar-refractivity contribution in [2.24, 2.45) is 0 Å². The van der Waals surface area contributed by atoms with Crippen LogP contribution in [-0.2, 0) is 17.2 Å². The van der Waals surface area contributed by atoms with E-state index in [1.54, 1.807) is 6.20 Å². The van der Waals surface area contributed by atoms with Crippen molar-refractivity contribution in [1.82, 2.24) is 9.88 Å². The van der Waals surface area contributed by atoms with Crippen molar-refractivity contribution in [3.05, 3.63) is 84.6 Å². The van der Waals surface area contributed by atoms with Gasteiger partial charge in [0.2, 0.25) is 0 Å². The van der Waals surface area contributed by atoms with E-state index in [0.717, 1.165) is 54.7 Å². The molecule has 0 radical (unpaired) electrons. The van der Waals surface area contributed by atoms with E-state index in [1.165, 1.54) is 16.3 Å². The number of para-hydroxylation sites is 1. The minimum atomic E-state index is -1.00. The van der Waals surface area contributed by atoms with Gasteiger partial charge in [-0.1, -0.05) is 60.7 Å². The van der Waals surface area contributed by atoms with Crippen LogP contribution in [0.4, 0.5) is 0 Å². The van der Waals surface area contributed by atoms with Crippen molar-refractivity contribution in [2.75, 3.05) is 19.6 Å². The van der Waals surface area contributed by atoms with Gasteiger partial charge in [0.1, 0.15) is 0 Å². The molecule has 1 atom stereocenters. The summed E-state index contributed by atoms with van der Waals surface area (Å²) in [6.45, 7) is 3.10. The van der Waals surface area contributed by atoms with Crippen LogP contribution in [0.15, 0.2) is 83.9 Å². The van der Waals surface area contributed by atoms with Gasteiger partial charge in [-0.25, -0.2) is 0 Å². The Hall–Kier alpha value is -2.27. The molecule has 31 heavy (non-hydrogen) atoms. The smallest absolute Gasteiger partial charge is 0.0863 e. The molecule has 1 fully saturated rings. The average molecular weight is 451 g/mol. The van der Waals surface area contributed by atoms with Gasteiger partial charge < -0.3 is 4.90 Å². The molecule has 0 saturated carbocycles. The second-order valence-corrected chi connectivity index (χ2v) is 9.80. The highest BCUT2D eigenvalue weighted by molar-refractivity contribution is 7.86. The minimum Gasteiger partial charge on any atom is -0.303 e. The van der Waals surface area contributed by atoms with Crippen molar-refractivity contribution < 1.29 is 4.21 Å². The number of pyridine rings is 1. The number of fused-ring (bicyclic) bond motifs is 2. The molecule has 160 valence electrons. The van der Waals surface area contributed by atoms with Crippen molar-refractivity contribution in [3.63, 3.8) is 0 Å². The van der Waals surface area contributed by atoms with Crippen molar-refractivity contribution in [2.45, 2.75) is 29.4 Å². The van der Waals surface area contributed by atoms with E-state index in [2.05, 4.69) is 52.3 Å². The molecule has 2 heterocycles. The summed E-state index contributed by atoms with van der Waals surface area (Å²) in [5, 5.41) is 3.89. The van der Waals surface area contributed by atoms with Crippen LogP contribution in [-0.4, -0.2) is 39.0 Å². The number of hydrogen-bond acceptors (Lipinski definition) is 3. The third-order valence-corrected chi connectivity index (χ3v) is 8.02. The number of piperidine rings is 1. The van der Waals surface area contributed by atoms with Crippen LogP contribution in [0.3, 0.4) is 0 Å². The number of likely N-dealkylation sites (tertiary alicyclic amines) is 1. The summed E-state index contributed by atoms with van der Waals surface area (Å²) in [5.41, 5.74) is 2.28. The number of benzene rings is 3. The first-order valence-corrected chi connectivity index (χ1v) is 11.9. The lowest BCUT2D eigenvalue weighted by Crippen LogP contribution is -2.38. The number of nitrogens with zero attached hydrogens (tertiary/aromatic N) is 2. The van der Waals surface area contributed by atoms with Crippen LogP contribution in [0.1, 0.15) is 18.4 Å². The first-order valence-electron chi connectivity index (χ1n) is 10.7. The number of halogens is 1. The maximum absolute atomic E-state index is 13.3. The Morgan fingerprint density at radius 2 is 1.61 bits per heavy atom. The van der Waals surface area contributed by atoms with E-state index in [4.69, 9.17) is 0 Å². The molecule has 3 nitrogen and oxygen atoms in total. The highest BCUT2D eigenvalue weighted by Gasteiger charge is 2.26. The van der Waals surface area contributed by atoms with E-state index in [0.29, 0.717) is 0 Å². The third kappa shape index (κ3) is 4.82. The van der Waals surface area contributed by atoms with E-state index < -0.39 is 10.8 Å². The van der Waals surface area contributed by atoms with Gasteiger partial charge in [-0.2, -0.15) is 0 Å². The minimum absolute atomic E-state index is 0. The highest BCUT2D eigenvalue weighted by atomic mass is 35.5. The van der Waals surface area contributed by atoms with Gasteiger partial charge in [-0.15, -0.1) is 12.4 Å². The number of rotatable bonds is 5. The summed E-state index contributed by atoms with van der Waals surface area (Å²) in [6.07, 6.45) is 4.81. The summed E-state index contributed by atoms with van der Waals surface area (Å²) in [4.78, 5) is 7.90. The van der Waals surface area contributed by atoms with E-state index in [-0.39, 0.29) is 17.7 Å². The Morgan fingerprint density at radius 1 is 0.871 bits per heavy atom. The molecule has 4 aromatic rings. The highest BCUT2D eigenvalue weighted by Crippen LogP contribution is 2.26. The number of hydrogen-bond donors (Lipinski definition) is 0. The molecule has 5 heteroatoms. The average Bonchev–Trinajstić information content (AvgIpc) is 2.82. The van der Waals surface area contributed by atoms with Gasteiger partial charge in [0.05, 0.1) is 21.2 Å². The van der Waals surface area contributed by atoms with Crippen molar-refractivity contribution in [3.8, 4) is 0 Å². The molecule has 0 spiro atoms. The Kier molecular flexibility index (Phi) is 7.01. The first kappa shape index (κ1) is 21.9. The molecule has 1 unspecified atom stereocenters. The van der Waals surface area contributed by atoms with Gasteiger partial charge in [-0.3, -0.25) is 9.19 Å². The quantitative estimate of drug-likeness (QED) is 0.395. The predicted octanol–water partition coefficient (Wildman–Crippen LogP) is 5.62. The van der Waals surface area contributed by atoms with Crippen LogP contribution < -0.4 is 0 Å². The largest absolute Gasteiger partial charge is 0.303 e. The molecule has 1 aromatic heterocycles. The lowest BCUT2D eigenvalue weighted by Gasteiger charge is -2.31. The molecule has 0 N–H and O–H groups in total. The fourth-order valence-corrected chi connectivity index (χ4v) is 6.02. The Labute approximate surface area is 192 Å². The Balaban J connectivity index is 0.00000231. The molecular formula is C26H27ClN2OS. The Bertz CT molecular complexity index is 1200. The molecule has 3 aromatic carbocycles. The molecule has 0 amide bonds. The SMILES string of the molecule is Cl.O=S(c1cccc2cccnc12)C1CCN(CCc2ccc3ccccc3c2)CC1. The maximum atomic E-state index is 13.3. The maximum Gasteiger partial charge on any atom is 0.0863 e. The third-order valence-electron chi connectivity index (χ3n) is 6.18. The summed E-state index contributed by atoms with van der Waals surface area (Å²) in [6, 6.07) is 25.3. The van der Waals surface area contributed by atoms with Gasteiger partial charge >= 0.3 is 0 Å². The van der Waals surface area contributed by atoms with Crippen LogP contribution in [0.25, 0.3) is 21.7 Å². The van der Waals surface area contributed by atoms with E-state index in [1.807, 2.05) is 30.3 Å². The standard InChI is InChI=1S/C26H26N2OS.ClH/c29-30(25-9-3-7-22-8-4-15-27-26(22)25)24-13-17-28(18-14-24)16-12-20-10-11-21-5-1-2-6-23(21)19-20;/h1-11,15,19,24H,12-14,16-18H2;1H. The molecule has 0 aliphatic carbocycles. The molecule has 5 rings (SSSR count). The van der Waals surface area contributed by atoms with Gasteiger partial charge in [0, 0.05) is 23.4 Å². The van der Waals surface area contributed by atoms with E-state index >= 15 is 0 Å². The summed E-state index contributed by atoms with van der Waals surface area (Å²) < 4.78 is 13.3. The summed E-state index contributed by atoms with van der Waals surface area (Å²) >= 11 is 0. The summed E-state index contributed by atoms with van der Waals surface area (Å²) in [5.74, 6) is 0. The second kappa shape index (κ2) is 9.90. The number of aromatic nitrogens is 1. The molecule has 1 saturated heterocycles. The molecule has 0 bridgehead atoms. The van der Waals surface area contributed by atoms with Gasteiger partial charge in [0.15, 0.2) is 0 Å². The zero-order valence-electron chi connectivity index (χ0n) is 17.4. The van der Waals surface area contributed by atoms with Crippen LogP contribution in [0.5, 0.6) is 0 Å². The van der Waals surface area contributed by atoms with E-state index in [9.17, 15) is 4.21 Å². The molecule has 1 aliphatic rings. The predicted molar refractivity (Wildman–Crippen MR) is 133 cm³/mol. The summed E-state index contributed by atoms with van der Waals surface area (Å²) in [7, 11) is -1.00. The van der Waals surface area contributed by atoms with Crippen LogP contribution in [0.2, 0.25) is 0 Å². The lowest BCUT2D eigenvalue weighted by atomic mass is 10.0. The lowest BCUT2D eigenvalue weighted by molar-refractivity contribution is 0.234. The fourth-order valence-electron chi connectivity index (χ4n) is 4.45. The zero-order valence-corrected chi connectivity index (χ0v) is 19.1. The zero-order chi connectivity index (χ0) is 20.3. The fraction of sp³-hybridized carbons (Fsp3) is 0.269. The van der Waals surface area contributed by atoms with Crippen LogP contribution >= 0.6 is 12.4 Å². The molecular weight excluding hydrogens is 424 g/mol. The second-order valence-electron chi connectivity index (χ2n) is 8.10. The van der Waals surface area contributed by atoms with Crippen molar-refractivity contribution >= 4 is 44.9 Å². The topological polar surface area (TPSA) is 33.2 Å².